The number of carbonyl (C=O) groups excluding carboxylic acids is 1. The van der Waals surface area contributed by atoms with E-state index in [-0.39, 0.29) is 23.2 Å². The summed E-state index contributed by atoms with van der Waals surface area (Å²) in [7, 11) is 1.58. The van der Waals surface area contributed by atoms with Crippen molar-refractivity contribution >= 4 is 16.9 Å². The molecule has 1 unspecified atom stereocenters. The summed E-state index contributed by atoms with van der Waals surface area (Å²) in [5.41, 5.74) is 0.643. The number of aryl methyl sites for hydroxylation is 1. The summed E-state index contributed by atoms with van der Waals surface area (Å²) in [5.74, 6) is 1.30. The zero-order chi connectivity index (χ0) is 20.4. The van der Waals surface area contributed by atoms with E-state index in [0.717, 1.165) is 19.4 Å². The van der Waals surface area contributed by atoms with Gasteiger partial charge in [0.15, 0.2) is 0 Å². The van der Waals surface area contributed by atoms with Crippen LogP contribution in [0.3, 0.4) is 0 Å². The number of nitrogens with one attached hydrogen (secondary N) is 1. The first-order valence-corrected chi connectivity index (χ1v) is 9.39. The van der Waals surface area contributed by atoms with E-state index in [1.165, 1.54) is 6.26 Å². The van der Waals surface area contributed by atoms with Crippen LogP contribution in [0.2, 0.25) is 0 Å². The third-order valence-corrected chi connectivity index (χ3v) is 4.95. The summed E-state index contributed by atoms with van der Waals surface area (Å²) in [6.45, 7) is 2.56. The lowest BCUT2D eigenvalue weighted by Gasteiger charge is -2.13. The monoisotopic (exact) mass is 395 g/mol. The van der Waals surface area contributed by atoms with Gasteiger partial charge in [-0.25, -0.2) is 4.79 Å². The molecule has 4 rings (SSSR count). The maximum absolute atomic E-state index is 12.8. The topological polar surface area (TPSA) is 87.0 Å². The van der Waals surface area contributed by atoms with Crippen LogP contribution in [0.1, 0.15) is 18.4 Å². The fourth-order valence-electron chi connectivity index (χ4n) is 3.32. The molecule has 1 aliphatic heterocycles. The average molecular weight is 395 g/mol. The highest BCUT2D eigenvalue weighted by atomic mass is 16.5. The second-order valence-electron chi connectivity index (χ2n) is 6.84. The van der Waals surface area contributed by atoms with Crippen LogP contribution in [0.15, 0.2) is 51.9 Å². The van der Waals surface area contributed by atoms with E-state index < -0.39 is 0 Å². The highest BCUT2D eigenvalue weighted by molar-refractivity contribution is 5.85. The molecule has 0 radical (unpaired) electrons. The number of benzene rings is 2. The van der Waals surface area contributed by atoms with Crippen LogP contribution in [0.4, 0.5) is 0 Å². The molecule has 7 nitrogen and oxygen atoms in total. The third kappa shape index (κ3) is 3.82. The van der Waals surface area contributed by atoms with E-state index in [2.05, 4.69) is 5.32 Å². The second kappa shape index (κ2) is 7.97. The van der Waals surface area contributed by atoms with E-state index in [1.807, 2.05) is 0 Å². The van der Waals surface area contributed by atoms with Crippen molar-refractivity contribution in [1.29, 1.82) is 0 Å². The van der Waals surface area contributed by atoms with Crippen molar-refractivity contribution in [2.24, 2.45) is 0 Å². The Morgan fingerprint density at radius 1 is 1.10 bits per heavy atom. The lowest BCUT2D eigenvalue weighted by Crippen LogP contribution is -2.34. The number of carbonyl (C=O) groups is 1. The molecule has 0 spiro atoms. The van der Waals surface area contributed by atoms with Gasteiger partial charge in [-0.3, -0.25) is 4.79 Å². The number of methoxy groups -OCH3 is 1. The van der Waals surface area contributed by atoms with Crippen LogP contribution in [-0.4, -0.2) is 25.7 Å². The predicted octanol–water partition coefficient (Wildman–Crippen LogP) is 3.56. The van der Waals surface area contributed by atoms with Gasteiger partial charge in [0.25, 0.3) is 0 Å². The Hall–Kier alpha value is -3.32. The van der Waals surface area contributed by atoms with Crippen LogP contribution in [0.25, 0.3) is 11.0 Å². The fraction of sp³-hybridized carbons (Fsp3) is 0.273. The van der Waals surface area contributed by atoms with Crippen molar-refractivity contribution < 1.29 is 23.4 Å². The normalized spacial score (nSPS) is 16.0. The predicted molar refractivity (Wildman–Crippen MR) is 107 cm³/mol. The molecule has 1 atom stereocenters. The zero-order valence-corrected chi connectivity index (χ0v) is 16.2. The third-order valence-electron chi connectivity index (χ3n) is 4.95. The fourth-order valence-corrected chi connectivity index (χ4v) is 3.32. The van der Waals surface area contributed by atoms with Crippen LogP contribution in [0.5, 0.6) is 23.0 Å². The molecule has 0 aliphatic carbocycles. The quantitative estimate of drug-likeness (QED) is 0.522. The molecule has 0 bridgehead atoms. The van der Waals surface area contributed by atoms with Gasteiger partial charge in [-0.2, -0.15) is 0 Å². The van der Waals surface area contributed by atoms with Crippen LogP contribution >= 0.6 is 0 Å². The minimum absolute atomic E-state index is 0.0713. The van der Waals surface area contributed by atoms with E-state index >= 15 is 0 Å². The Bertz CT molecular complexity index is 1100. The molecule has 0 saturated carbocycles. The molecule has 150 valence electrons. The summed E-state index contributed by atoms with van der Waals surface area (Å²) in [6, 6.07) is 9.78. The molecular weight excluding hydrogens is 374 g/mol. The highest BCUT2D eigenvalue weighted by Gasteiger charge is 2.25. The molecule has 1 saturated heterocycles. The number of ether oxygens (including phenoxy) is 3. The van der Waals surface area contributed by atoms with Gasteiger partial charge < -0.3 is 23.9 Å². The molecule has 1 aliphatic rings. The maximum Gasteiger partial charge on any atom is 0.328 e. The van der Waals surface area contributed by atoms with Gasteiger partial charge in [-0.1, -0.05) is 0 Å². The van der Waals surface area contributed by atoms with Gasteiger partial charge in [0, 0.05) is 5.56 Å². The molecule has 0 amide bonds. The van der Waals surface area contributed by atoms with Gasteiger partial charge in [0.05, 0.1) is 12.5 Å². The van der Waals surface area contributed by atoms with Crippen LogP contribution < -0.4 is 25.0 Å². The molecule has 1 N–H and O–H groups in total. The van der Waals surface area contributed by atoms with E-state index in [0.29, 0.717) is 33.8 Å². The minimum Gasteiger partial charge on any atom is -0.497 e. The first-order valence-electron chi connectivity index (χ1n) is 9.39. The molecule has 2 aromatic carbocycles. The smallest absolute Gasteiger partial charge is 0.328 e. The van der Waals surface area contributed by atoms with Gasteiger partial charge in [0.1, 0.15) is 35.1 Å². The van der Waals surface area contributed by atoms with E-state index in [9.17, 15) is 9.59 Å². The lowest BCUT2D eigenvalue weighted by atomic mass is 10.1. The van der Waals surface area contributed by atoms with Gasteiger partial charge >= 0.3 is 5.97 Å². The molecule has 7 heteroatoms. The standard InChI is InChI=1S/C22H21NO6/c1-13-18(29-22(25)17-4-3-11-23-17)10-9-16-20(24)19(12-27-21(13)16)28-15-7-5-14(26-2)6-8-15/h5-10,12,17,23H,3-4,11H2,1-2H3. The molecule has 1 aromatic heterocycles. The summed E-state index contributed by atoms with van der Waals surface area (Å²) in [5, 5.41) is 3.46. The highest BCUT2D eigenvalue weighted by Crippen LogP contribution is 2.29. The zero-order valence-electron chi connectivity index (χ0n) is 16.2. The summed E-state index contributed by atoms with van der Waals surface area (Å²) < 4.78 is 22.0. The van der Waals surface area contributed by atoms with Crippen molar-refractivity contribution in [3.63, 3.8) is 0 Å². The van der Waals surface area contributed by atoms with Crippen molar-refractivity contribution in [3.8, 4) is 23.0 Å². The maximum atomic E-state index is 12.8. The number of esters is 1. The Kier molecular flexibility index (Phi) is 5.22. The molecule has 2 heterocycles. The largest absolute Gasteiger partial charge is 0.497 e. The Morgan fingerprint density at radius 3 is 2.55 bits per heavy atom. The van der Waals surface area contributed by atoms with Crippen molar-refractivity contribution in [2.75, 3.05) is 13.7 Å². The Morgan fingerprint density at radius 2 is 1.86 bits per heavy atom. The molecule has 1 fully saturated rings. The van der Waals surface area contributed by atoms with Crippen LogP contribution in [-0.2, 0) is 4.79 Å². The molecular formula is C22H21NO6. The number of hydrogen-bond donors (Lipinski definition) is 1. The van der Waals surface area contributed by atoms with Gasteiger partial charge in [0.2, 0.25) is 11.2 Å². The Balaban J connectivity index is 1.61. The SMILES string of the molecule is COc1ccc(Oc2coc3c(C)c(OC(=O)C4CCCN4)ccc3c2=O)cc1. The minimum atomic E-state index is -0.327. The first-order chi connectivity index (χ1) is 14.1. The van der Waals surface area contributed by atoms with Gasteiger partial charge in [-0.15, -0.1) is 0 Å². The summed E-state index contributed by atoms with van der Waals surface area (Å²) in [4.78, 5) is 25.1. The number of hydrogen-bond acceptors (Lipinski definition) is 7. The summed E-state index contributed by atoms with van der Waals surface area (Å²) in [6.07, 6.45) is 2.97. The van der Waals surface area contributed by atoms with Crippen molar-refractivity contribution in [2.45, 2.75) is 25.8 Å². The lowest BCUT2D eigenvalue weighted by molar-refractivity contribution is -0.136. The van der Waals surface area contributed by atoms with Crippen molar-refractivity contribution in [1.82, 2.24) is 5.32 Å². The van der Waals surface area contributed by atoms with Gasteiger partial charge in [-0.05, 0) is 62.7 Å². The second-order valence-corrected chi connectivity index (χ2v) is 6.84. The molecule has 29 heavy (non-hydrogen) atoms. The van der Waals surface area contributed by atoms with Crippen LogP contribution in [0, 0.1) is 6.92 Å². The number of rotatable bonds is 5. The van der Waals surface area contributed by atoms with E-state index in [1.54, 1.807) is 50.4 Å². The van der Waals surface area contributed by atoms with E-state index in [4.69, 9.17) is 18.6 Å². The number of fused-ring (bicyclic) bond motifs is 1. The molecule has 3 aromatic rings. The Labute approximate surface area is 167 Å². The first kappa shape index (κ1) is 19.0. The summed E-state index contributed by atoms with van der Waals surface area (Å²) >= 11 is 0. The average Bonchev–Trinajstić information content (AvgIpc) is 3.28. The van der Waals surface area contributed by atoms with Crippen molar-refractivity contribution in [3.05, 3.63) is 58.4 Å².